The largest absolute Gasteiger partial charge is 0.484 e. The van der Waals surface area contributed by atoms with Crippen LogP contribution >= 0.6 is 11.6 Å². The summed E-state index contributed by atoms with van der Waals surface area (Å²) < 4.78 is 5.33. The molecule has 0 aromatic heterocycles. The van der Waals surface area contributed by atoms with Gasteiger partial charge in [-0.05, 0) is 43.2 Å². The minimum absolute atomic E-state index is 0.0328. The number of hydrogen-bond donors (Lipinski definition) is 1. The van der Waals surface area contributed by atoms with Gasteiger partial charge in [-0.15, -0.1) is 0 Å². The van der Waals surface area contributed by atoms with Gasteiger partial charge < -0.3 is 15.0 Å². The second-order valence-electron chi connectivity index (χ2n) is 5.95. The number of amides is 1. The Bertz CT molecular complexity index is 805. The first-order valence-corrected chi connectivity index (χ1v) is 8.62. The Balaban J connectivity index is 1.54. The Morgan fingerprint density at radius 2 is 1.88 bits per heavy atom. The highest BCUT2D eigenvalue weighted by atomic mass is 35.5. The van der Waals surface area contributed by atoms with Crippen molar-refractivity contribution in [3.05, 3.63) is 57.6 Å². The first-order chi connectivity index (χ1) is 12.5. The molecule has 1 fully saturated rings. The van der Waals surface area contributed by atoms with Crippen LogP contribution in [0.15, 0.2) is 42.5 Å². The van der Waals surface area contributed by atoms with Gasteiger partial charge in [-0.1, -0.05) is 11.6 Å². The summed E-state index contributed by atoms with van der Waals surface area (Å²) in [6.45, 7) is 1.78. The number of nitro benzene ring substituents is 1. The standard InChI is InChI=1S/C18H18ClN3O4/c19-16-11-13(3-8-17(16)21-9-1-2-10-21)20-18(23)12-26-15-6-4-14(5-7-15)22(24)25/h3-8,11H,1-2,9-10,12H2,(H,20,23). The molecule has 0 atom stereocenters. The first-order valence-electron chi connectivity index (χ1n) is 8.24. The molecule has 1 aliphatic heterocycles. The number of halogens is 1. The number of non-ortho nitro benzene ring substituents is 1. The van der Waals surface area contributed by atoms with Gasteiger partial charge in [0.05, 0.1) is 15.6 Å². The van der Waals surface area contributed by atoms with Crippen LogP contribution in [0.5, 0.6) is 5.75 Å². The Labute approximate surface area is 155 Å². The summed E-state index contributed by atoms with van der Waals surface area (Å²) in [6, 6.07) is 11.0. The molecule has 0 spiro atoms. The molecule has 1 amide bonds. The van der Waals surface area contributed by atoms with E-state index < -0.39 is 4.92 Å². The van der Waals surface area contributed by atoms with Crippen LogP contribution in [0.2, 0.25) is 5.02 Å². The van der Waals surface area contributed by atoms with Crippen molar-refractivity contribution < 1.29 is 14.5 Å². The van der Waals surface area contributed by atoms with Gasteiger partial charge in [0, 0.05) is 30.9 Å². The van der Waals surface area contributed by atoms with Crippen LogP contribution in [0.1, 0.15) is 12.8 Å². The quantitative estimate of drug-likeness (QED) is 0.612. The fourth-order valence-corrected chi connectivity index (χ4v) is 3.11. The molecule has 26 heavy (non-hydrogen) atoms. The molecule has 1 aliphatic rings. The smallest absolute Gasteiger partial charge is 0.269 e. The molecule has 1 saturated heterocycles. The van der Waals surface area contributed by atoms with Gasteiger partial charge >= 0.3 is 0 Å². The van der Waals surface area contributed by atoms with E-state index in [4.69, 9.17) is 16.3 Å². The van der Waals surface area contributed by atoms with Crippen molar-refractivity contribution in [1.29, 1.82) is 0 Å². The number of hydrogen-bond acceptors (Lipinski definition) is 5. The predicted molar refractivity (Wildman–Crippen MR) is 100 cm³/mol. The van der Waals surface area contributed by atoms with E-state index in [0.717, 1.165) is 31.6 Å². The van der Waals surface area contributed by atoms with Crippen molar-refractivity contribution in [3.63, 3.8) is 0 Å². The van der Waals surface area contributed by atoms with E-state index in [2.05, 4.69) is 10.2 Å². The minimum Gasteiger partial charge on any atom is -0.484 e. The van der Waals surface area contributed by atoms with Crippen molar-refractivity contribution in [3.8, 4) is 5.75 Å². The molecule has 7 nitrogen and oxygen atoms in total. The van der Waals surface area contributed by atoms with E-state index in [0.29, 0.717) is 16.5 Å². The lowest BCUT2D eigenvalue weighted by Gasteiger charge is -2.19. The number of nitrogens with one attached hydrogen (secondary N) is 1. The summed E-state index contributed by atoms with van der Waals surface area (Å²) in [5, 5.41) is 13.9. The van der Waals surface area contributed by atoms with Gasteiger partial charge in [0.1, 0.15) is 5.75 Å². The highest BCUT2D eigenvalue weighted by Crippen LogP contribution is 2.31. The third-order valence-electron chi connectivity index (χ3n) is 4.10. The summed E-state index contributed by atoms with van der Waals surface area (Å²) in [4.78, 5) is 24.4. The molecule has 0 aliphatic carbocycles. The lowest BCUT2D eigenvalue weighted by atomic mass is 10.2. The second-order valence-corrected chi connectivity index (χ2v) is 6.36. The van der Waals surface area contributed by atoms with Gasteiger partial charge in [-0.25, -0.2) is 0 Å². The molecule has 2 aromatic rings. The van der Waals surface area contributed by atoms with Gasteiger partial charge in [0.25, 0.3) is 11.6 Å². The Kier molecular flexibility index (Phi) is 5.58. The lowest BCUT2D eigenvalue weighted by Crippen LogP contribution is -2.21. The zero-order chi connectivity index (χ0) is 18.5. The Morgan fingerprint density at radius 1 is 1.19 bits per heavy atom. The summed E-state index contributed by atoms with van der Waals surface area (Å²) in [5.74, 6) is 0.0431. The van der Waals surface area contributed by atoms with E-state index in [1.54, 1.807) is 6.07 Å². The van der Waals surface area contributed by atoms with Crippen LogP contribution in [0.4, 0.5) is 17.1 Å². The molecule has 2 aromatic carbocycles. The maximum atomic E-state index is 12.0. The summed E-state index contributed by atoms with van der Waals surface area (Å²) in [6.07, 6.45) is 2.32. The van der Waals surface area contributed by atoms with E-state index >= 15 is 0 Å². The number of carbonyl (C=O) groups is 1. The van der Waals surface area contributed by atoms with Gasteiger partial charge in [-0.2, -0.15) is 0 Å². The number of nitro groups is 1. The fourth-order valence-electron chi connectivity index (χ4n) is 2.81. The minimum atomic E-state index is -0.494. The third-order valence-corrected chi connectivity index (χ3v) is 4.40. The number of anilines is 2. The molecule has 8 heteroatoms. The predicted octanol–water partition coefficient (Wildman–Crippen LogP) is 3.87. The summed E-state index contributed by atoms with van der Waals surface area (Å²) in [5.41, 5.74) is 1.54. The molecular formula is C18H18ClN3O4. The number of benzene rings is 2. The second kappa shape index (κ2) is 8.05. The van der Waals surface area contributed by atoms with Crippen LogP contribution in [0.25, 0.3) is 0 Å². The molecule has 0 saturated carbocycles. The molecule has 0 bridgehead atoms. The van der Waals surface area contributed by atoms with E-state index in [9.17, 15) is 14.9 Å². The van der Waals surface area contributed by atoms with Crippen LogP contribution in [0, 0.1) is 10.1 Å². The first kappa shape index (κ1) is 18.0. The number of rotatable bonds is 6. The van der Waals surface area contributed by atoms with Crippen molar-refractivity contribution in [2.75, 3.05) is 29.9 Å². The Hall–Kier alpha value is -2.80. The maximum absolute atomic E-state index is 12.0. The van der Waals surface area contributed by atoms with Gasteiger partial charge in [-0.3, -0.25) is 14.9 Å². The molecule has 1 N–H and O–H groups in total. The number of carbonyl (C=O) groups excluding carboxylic acids is 1. The number of nitrogens with zero attached hydrogens (tertiary/aromatic N) is 2. The van der Waals surface area contributed by atoms with Gasteiger partial charge in [0.2, 0.25) is 0 Å². The van der Waals surface area contributed by atoms with E-state index in [-0.39, 0.29) is 18.2 Å². The summed E-state index contributed by atoms with van der Waals surface area (Å²) >= 11 is 6.33. The Morgan fingerprint density at radius 3 is 2.50 bits per heavy atom. The average molecular weight is 376 g/mol. The van der Waals surface area contributed by atoms with Crippen molar-refractivity contribution in [1.82, 2.24) is 0 Å². The lowest BCUT2D eigenvalue weighted by molar-refractivity contribution is -0.384. The zero-order valence-corrected chi connectivity index (χ0v) is 14.7. The molecule has 136 valence electrons. The highest BCUT2D eigenvalue weighted by Gasteiger charge is 2.15. The van der Waals surface area contributed by atoms with Crippen LogP contribution in [-0.4, -0.2) is 30.5 Å². The molecule has 1 heterocycles. The maximum Gasteiger partial charge on any atom is 0.269 e. The fraction of sp³-hybridized carbons (Fsp3) is 0.278. The van der Waals surface area contributed by atoms with E-state index in [1.807, 2.05) is 12.1 Å². The van der Waals surface area contributed by atoms with Crippen LogP contribution in [-0.2, 0) is 4.79 Å². The molecule has 0 radical (unpaired) electrons. The van der Waals surface area contributed by atoms with Crippen molar-refractivity contribution >= 4 is 34.6 Å². The molecule has 0 unspecified atom stereocenters. The SMILES string of the molecule is O=C(COc1ccc([N+](=O)[O-])cc1)Nc1ccc(N2CCCC2)c(Cl)c1. The molecular weight excluding hydrogens is 358 g/mol. The summed E-state index contributed by atoms with van der Waals surface area (Å²) in [7, 11) is 0. The zero-order valence-electron chi connectivity index (χ0n) is 14.0. The third kappa shape index (κ3) is 4.43. The van der Waals surface area contributed by atoms with Crippen molar-refractivity contribution in [2.24, 2.45) is 0 Å². The highest BCUT2D eigenvalue weighted by molar-refractivity contribution is 6.33. The van der Waals surface area contributed by atoms with Crippen LogP contribution < -0.4 is 15.0 Å². The molecule has 3 rings (SSSR count). The topological polar surface area (TPSA) is 84.7 Å². The monoisotopic (exact) mass is 375 g/mol. The normalized spacial score (nSPS) is 13.5. The van der Waals surface area contributed by atoms with E-state index in [1.165, 1.54) is 24.3 Å². The average Bonchev–Trinajstić information content (AvgIpc) is 3.15. The number of ether oxygens (including phenoxy) is 1. The van der Waals surface area contributed by atoms with Crippen LogP contribution in [0.3, 0.4) is 0 Å². The van der Waals surface area contributed by atoms with Gasteiger partial charge in [0.15, 0.2) is 6.61 Å². The van der Waals surface area contributed by atoms with Crippen molar-refractivity contribution in [2.45, 2.75) is 12.8 Å².